The van der Waals surface area contributed by atoms with Crippen LogP contribution in [0, 0.1) is 0 Å². The number of carbonyl (C=O) groups excluding carboxylic acids is 1. The molecule has 0 radical (unpaired) electrons. The van der Waals surface area contributed by atoms with Gasteiger partial charge in [-0.1, -0.05) is 18.2 Å². The van der Waals surface area contributed by atoms with Gasteiger partial charge in [-0.15, -0.1) is 0 Å². The standard InChI is InChI=1S/C9H11NO3/c1-10-9(12)13-8-5-3-2-4-7(8)6-11/h2-5,11H,6H2,1H3,(H,10,12). The van der Waals surface area contributed by atoms with Crippen LogP contribution >= 0.6 is 0 Å². The highest BCUT2D eigenvalue weighted by Crippen LogP contribution is 2.17. The van der Waals surface area contributed by atoms with Crippen molar-refractivity contribution >= 4 is 6.09 Å². The summed E-state index contributed by atoms with van der Waals surface area (Å²) in [5.74, 6) is 0.379. The van der Waals surface area contributed by atoms with E-state index in [4.69, 9.17) is 9.84 Å². The van der Waals surface area contributed by atoms with Gasteiger partial charge < -0.3 is 15.2 Å². The van der Waals surface area contributed by atoms with Crippen molar-refractivity contribution in [2.45, 2.75) is 6.61 Å². The lowest BCUT2D eigenvalue weighted by Crippen LogP contribution is -2.22. The number of aliphatic hydroxyl groups excluding tert-OH is 1. The number of amides is 1. The zero-order chi connectivity index (χ0) is 9.68. The molecule has 0 saturated heterocycles. The van der Waals surface area contributed by atoms with Crippen molar-refractivity contribution in [3.8, 4) is 5.75 Å². The number of ether oxygens (including phenoxy) is 1. The molecular formula is C9H11NO3. The van der Waals surface area contributed by atoms with Crippen molar-refractivity contribution in [3.63, 3.8) is 0 Å². The molecule has 0 heterocycles. The van der Waals surface area contributed by atoms with Crippen LogP contribution < -0.4 is 10.1 Å². The van der Waals surface area contributed by atoms with E-state index in [1.807, 2.05) is 0 Å². The van der Waals surface area contributed by atoms with Gasteiger partial charge in [-0.2, -0.15) is 0 Å². The Labute approximate surface area is 76.1 Å². The largest absolute Gasteiger partial charge is 0.412 e. The van der Waals surface area contributed by atoms with Crippen LogP contribution in [0.25, 0.3) is 0 Å². The third-order valence-electron chi connectivity index (χ3n) is 1.55. The summed E-state index contributed by atoms with van der Waals surface area (Å²) in [7, 11) is 1.48. The van der Waals surface area contributed by atoms with Crippen LogP contribution in [0.4, 0.5) is 4.79 Å². The van der Waals surface area contributed by atoms with E-state index in [0.717, 1.165) is 0 Å². The molecule has 0 bridgehead atoms. The van der Waals surface area contributed by atoms with E-state index in [1.165, 1.54) is 7.05 Å². The Morgan fingerprint density at radius 2 is 2.23 bits per heavy atom. The number of hydrogen-bond donors (Lipinski definition) is 2. The van der Waals surface area contributed by atoms with Crippen molar-refractivity contribution in [2.75, 3.05) is 7.05 Å². The minimum atomic E-state index is -0.541. The molecule has 1 aromatic rings. The zero-order valence-electron chi connectivity index (χ0n) is 7.28. The van der Waals surface area contributed by atoms with Gasteiger partial charge in [-0.3, -0.25) is 0 Å². The normalized spacial score (nSPS) is 9.38. The zero-order valence-corrected chi connectivity index (χ0v) is 7.28. The van der Waals surface area contributed by atoms with Gasteiger partial charge in [0, 0.05) is 12.6 Å². The van der Waals surface area contributed by atoms with Gasteiger partial charge >= 0.3 is 6.09 Å². The maximum absolute atomic E-state index is 10.8. The lowest BCUT2D eigenvalue weighted by Gasteiger charge is -2.06. The summed E-state index contributed by atoms with van der Waals surface area (Å²) in [6.07, 6.45) is -0.541. The van der Waals surface area contributed by atoms with Crippen molar-refractivity contribution in [1.29, 1.82) is 0 Å². The fourth-order valence-electron chi connectivity index (χ4n) is 0.885. The Balaban J connectivity index is 2.81. The molecule has 0 atom stereocenters. The van der Waals surface area contributed by atoms with Crippen molar-refractivity contribution in [3.05, 3.63) is 29.8 Å². The Morgan fingerprint density at radius 1 is 1.54 bits per heavy atom. The molecule has 70 valence electrons. The molecule has 1 aromatic carbocycles. The average molecular weight is 181 g/mol. The number of nitrogens with one attached hydrogen (secondary N) is 1. The quantitative estimate of drug-likeness (QED) is 0.712. The highest BCUT2D eigenvalue weighted by atomic mass is 16.6. The smallest absolute Gasteiger partial charge is 0.410 e. The van der Waals surface area contributed by atoms with Gasteiger partial charge in [0.2, 0.25) is 0 Å². The van der Waals surface area contributed by atoms with E-state index in [1.54, 1.807) is 24.3 Å². The fraction of sp³-hybridized carbons (Fsp3) is 0.222. The molecule has 0 aliphatic rings. The number of aliphatic hydroxyl groups is 1. The van der Waals surface area contributed by atoms with Crippen LogP contribution in [-0.2, 0) is 6.61 Å². The second kappa shape index (κ2) is 4.47. The van der Waals surface area contributed by atoms with Gasteiger partial charge in [0.05, 0.1) is 6.61 Å². The first-order chi connectivity index (χ1) is 6.27. The first-order valence-electron chi connectivity index (χ1n) is 3.86. The Bertz CT molecular complexity index is 299. The Morgan fingerprint density at radius 3 is 2.85 bits per heavy atom. The highest BCUT2D eigenvalue weighted by molar-refractivity contribution is 5.70. The molecule has 13 heavy (non-hydrogen) atoms. The first-order valence-corrected chi connectivity index (χ1v) is 3.86. The molecule has 0 aromatic heterocycles. The van der Waals surface area contributed by atoms with Gasteiger partial charge in [0.15, 0.2) is 0 Å². The molecule has 0 unspecified atom stereocenters. The number of carbonyl (C=O) groups is 1. The van der Waals surface area contributed by atoms with E-state index in [-0.39, 0.29) is 6.61 Å². The van der Waals surface area contributed by atoms with Crippen LogP contribution in [0.2, 0.25) is 0 Å². The van der Waals surface area contributed by atoms with Crippen LogP contribution in [-0.4, -0.2) is 18.2 Å². The second-order valence-electron chi connectivity index (χ2n) is 2.41. The molecule has 0 saturated carbocycles. The van der Waals surface area contributed by atoms with Crippen LogP contribution in [0.15, 0.2) is 24.3 Å². The monoisotopic (exact) mass is 181 g/mol. The second-order valence-corrected chi connectivity index (χ2v) is 2.41. The van der Waals surface area contributed by atoms with E-state index in [2.05, 4.69) is 5.32 Å². The third-order valence-corrected chi connectivity index (χ3v) is 1.55. The molecule has 4 heteroatoms. The molecule has 0 spiro atoms. The molecule has 0 fully saturated rings. The molecule has 2 N–H and O–H groups in total. The molecule has 1 rings (SSSR count). The molecule has 4 nitrogen and oxygen atoms in total. The fourth-order valence-corrected chi connectivity index (χ4v) is 0.885. The number of rotatable bonds is 2. The summed E-state index contributed by atoms with van der Waals surface area (Å²) >= 11 is 0. The Hall–Kier alpha value is -1.55. The highest BCUT2D eigenvalue weighted by Gasteiger charge is 2.05. The number of para-hydroxylation sites is 1. The predicted molar refractivity (Wildman–Crippen MR) is 47.4 cm³/mol. The lowest BCUT2D eigenvalue weighted by atomic mass is 10.2. The first kappa shape index (κ1) is 9.54. The Kier molecular flexibility index (Phi) is 3.28. The summed E-state index contributed by atoms with van der Waals surface area (Å²) < 4.78 is 4.88. The average Bonchev–Trinajstić information content (AvgIpc) is 2.18. The summed E-state index contributed by atoms with van der Waals surface area (Å²) in [5.41, 5.74) is 0.589. The van der Waals surface area contributed by atoms with Crippen molar-refractivity contribution in [2.24, 2.45) is 0 Å². The maximum atomic E-state index is 10.8. The molecule has 1 amide bonds. The maximum Gasteiger partial charge on any atom is 0.412 e. The SMILES string of the molecule is CNC(=O)Oc1ccccc1CO. The summed E-state index contributed by atoms with van der Waals surface area (Å²) in [4.78, 5) is 10.8. The lowest BCUT2D eigenvalue weighted by molar-refractivity contribution is 0.200. The van der Waals surface area contributed by atoms with E-state index >= 15 is 0 Å². The number of hydrogen-bond acceptors (Lipinski definition) is 3. The number of benzene rings is 1. The van der Waals surface area contributed by atoms with E-state index < -0.39 is 6.09 Å². The summed E-state index contributed by atoms with van der Waals surface area (Å²) in [6, 6.07) is 6.82. The van der Waals surface area contributed by atoms with Gasteiger partial charge in [-0.25, -0.2) is 4.79 Å². The third kappa shape index (κ3) is 2.45. The topological polar surface area (TPSA) is 58.6 Å². The molecule has 0 aliphatic carbocycles. The summed E-state index contributed by atoms with van der Waals surface area (Å²) in [5, 5.41) is 11.2. The molecular weight excluding hydrogens is 170 g/mol. The van der Waals surface area contributed by atoms with Gasteiger partial charge in [0.25, 0.3) is 0 Å². The summed E-state index contributed by atoms with van der Waals surface area (Å²) in [6.45, 7) is -0.146. The molecule has 0 aliphatic heterocycles. The minimum Gasteiger partial charge on any atom is -0.410 e. The predicted octanol–water partition coefficient (Wildman–Crippen LogP) is 0.897. The van der Waals surface area contributed by atoms with Crippen LogP contribution in [0.5, 0.6) is 5.75 Å². The van der Waals surface area contributed by atoms with Gasteiger partial charge in [-0.05, 0) is 6.07 Å². The van der Waals surface area contributed by atoms with Crippen LogP contribution in [0.1, 0.15) is 5.56 Å². The van der Waals surface area contributed by atoms with E-state index in [0.29, 0.717) is 11.3 Å². The van der Waals surface area contributed by atoms with E-state index in [9.17, 15) is 4.79 Å². The van der Waals surface area contributed by atoms with Crippen LogP contribution in [0.3, 0.4) is 0 Å². The minimum absolute atomic E-state index is 0.146. The van der Waals surface area contributed by atoms with Crippen molar-refractivity contribution in [1.82, 2.24) is 5.32 Å². The van der Waals surface area contributed by atoms with Gasteiger partial charge in [0.1, 0.15) is 5.75 Å². The van der Waals surface area contributed by atoms with Crippen molar-refractivity contribution < 1.29 is 14.6 Å².